The van der Waals surface area contributed by atoms with E-state index >= 15 is 0 Å². The summed E-state index contributed by atoms with van der Waals surface area (Å²) in [4.78, 5) is 6.81. The second-order valence-electron chi connectivity index (χ2n) is 5.51. The van der Waals surface area contributed by atoms with E-state index < -0.39 is 0 Å². The number of hydrogen-bond acceptors (Lipinski definition) is 4. The maximum absolute atomic E-state index is 4.43. The number of rotatable bonds is 3. The van der Waals surface area contributed by atoms with Crippen molar-refractivity contribution in [2.75, 3.05) is 25.5 Å². The summed E-state index contributed by atoms with van der Waals surface area (Å²) in [5.41, 5.74) is 2.19. The number of aromatic nitrogens is 3. The molecule has 5 nitrogen and oxygen atoms in total. The van der Waals surface area contributed by atoms with E-state index in [2.05, 4.69) is 50.6 Å². The molecule has 0 spiro atoms. The summed E-state index contributed by atoms with van der Waals surface area (Å²) in [6, 6.07) is 8.80. The highest BCUT2D eigenvalue weighted by molar-refractivity contribution is 5.73. The van der Waals surface area contributed by atoms with Gasteiger partial charge in [0.05, 0.1) is 0 Å². The van der Waals surface area contributed by atoms with E-state index in [4.69, 9.17) is 0 Å². The van der Waals surface area contributed by atoms with Gasteiger partial charge < -0.3 is 10.2 Å². The summed E-state index contributed by atoms with van der Waals surface area (Å²) in [5.74, 6) is 1.60. The molecule has 3 rings (SSSR count). The van der Waals surface area contributed by atoms with E-state index in [-0.39, 0.29) is 0 Å². The molecule has 5 heteroatoms. The first-order chi connectivity index (χ1) is 9.72. The molecule has 0 aliphatic carbocycles. The van der Waals surface area contributed by atoms with Crippen molar-refractivity contribution in [3.8, 4) is 11.4 Å². The number of benzene rings is 1. The maximum atomic E-state index is 4.43. The van der Waals surface area contributed by atoms with Crippen molar-refractivity contribution in [2.45, 2.75) is 25.8 Å². The Balaban J connectivity index is 1.80. The summed E-state index contributed by atoms with van der Waals surface area (Å²) in [6.07, 6.45) is 2.36. The molecular formula is C15H21N5. The minimum absolute atomic E-state index is 0.535. The normalized spacial score (nSPS) is 17.3. The van der Waals surface area contributed by atoms with Crippen LogP contribution >= 0.6 is 0 Å². The van der Waals surface area contributed by atoms with Gasteiger partial charge in [-0.2, -0.15) is 5.10 Å². The molecule has 1 aliphatic rings. The molecular weight excluding hydrogens is 250 g/mol. The molecule has 1 fully saturated rings. The van der Waals surface area contributed by atoms with Crippen molar-refractivity contribution in [1.82, 2.24) is 20.1 Å². The average Bonchev–Trinajstić information content (AvgIpc) is 2.88. The Labute approximate surface area is 119 Å². The van der Waals surface area contributed by atoms with Gasteiger partial charge in [0.25, 0.3) is 0 Å². The number of H-pyrrole nitrogens is 1. The molecule has 0 atom stereocenters. The number of likely N-dealkylation sites (tertiary alicyclic amines) is 1. The Morgan fingerprint density at radius 3 is 2.70 bits per heavy atom. The van der Waals surface area contributed by atoms with Crippen LogP contribution in [0.25, 0.3) is 11.4 Å². The van der Waals surface area contributed by atoms with Crippen LogP contribution in [-0.4, -0.2) is 46.3 Å². The second kappa shape index (κ2) is 5.63. The molecule has 2 aromatic rings. The third-order valence-corrected chi connectivity index (χ3v) is 3.84. The Morgan fingerprint density at radius 1 is 1.25 bits per heavy atom. The number of aryl methyl sites for hydroxylation is 1. The van der Waals surface area contributed by atoms with Crippen LogP contribution in [0, 0.1) is 6.92 Å². The summed E-state index contributed by atoms with van der Waals surface area (Å²) < 4.78 is 0. The standard InChI is InChI=1S/C15H21N5/c1-11-16-15(19-18-11)13-5-3-4-6-14(13)17-12-7-9-20(2)10-8-12/h3-6,12,17H,7-10H2,1-2H3,(H,16,18,19). The summed E-state index contributed by atoms with van der Waals surface area (Å²) in [6.45, 7) is 4.22. The van der Waals surface area contributed by atoms with E-state index in [9.17, 15) is 0 Å². The van der Waals surface area contributed by atoms with Crippen molar-refractivity contribution in [1.29, 1.82) is 0 Å². The zero-order valence-electron chi connectivity index (χ0n) is 12.1. The molecule has 1 saturated heterocycles. The molecule has 106 valence electrons. The smallest absolute Gasteiger partial charge is 0.183 e. The molecule has 2 N–H and O–H groups in total. The molecule has 0 amide bonds. The highest BCUT2D eigenvalue weighted by Crippen LogP contribution is 2.26. The first-order valence-corrected chi connectivity index (χ1v) is 7.16. The molecule has 0 bridgehead atoms. The molecule has 1 aliphatic heterocycles. The van der Waals surface area contributed by atoms with Crippen molar-refractivity contribution >= 4 is 5.69 Å². The van der Waals surface area contributed by atoms with Crippen LogP contribution in [0.4, 0.5) is 5.69 Å². The third kappa shape index (κ3) is 2.82. The van der Waals surface area contributed by atoms with E-state index in [0.29, 0.717) is 6.04 Å². The fraction of sp³-hybridized carbons (Fsp3) is 0.467. The summed E-state index contributed by atoms with van der Waals surface area (Å²) in [5, 5.41) is 10.8. The van der Waals surface area contributed by atoms with Gasteiger partial charge in [-0.1, -0.05) is 12.1 Å². The maximum Gasteiger partial charge on any atom is 0.183 e. The molecule has 2 heterocycles. The molecule has 20 heavy (non-hydrogen) atoms. The van der Waals surface area contributed by atoms with Gasteiger partial charge in [0.15, 0.2) is 5.82 Å². The zero-order chi connectivity index (χ0) is 13.9. The van der Waals surface area contributed by atoms with E-state index in [1.807, 2.05) is 13.0 Å². The lowest BCUT2D eigenvalue weighted by Crippen LogP contribution is -2.36. The largest absolute Gasteiger partial charge is 0.382 e. The SMILES string of the molecule is Cc1nc(-c2ccccc2NC2CCN(C)CC2)n[nH]1. The lowest BCUT2D eigenvalue weighted by atomic mass is 10.0. The molecule has 1 aromatic heterocycles. The number of aromatic amines is 1. The lowest BCUT2D eigenvalue weighted by molar-refractivity contribution is 0.264. The van der Waals surface area contributed by atoms with Crippen molar-refractivity contribution in [2.24, 2.45) is 0 Å². The third-order valence-electron chi connectivity index (χ3n) is 3.84. The molecule has 0 radical (unpaired) electrons. The number of nitrogens with one attached hydrogen (secondary N) is 2. The lowest BCUT2D eigenvalue weighted by Gasteiger charge is -2.30. The minimum atomic E-state index is 0.535. The Hall–Kier alpha value is -1.88. The van der Waals surface area contributed by atoms with Gasteiger partial charge in [-0.3, -0.25) is 5.10 Å². The first-order valence-electron chi connectivity index (χ1n) is 7.16. The van der Waals surface area contributed by atoms with Crippen LogP contribution in [0.2, 0.25) is 0 Å². The minimum Gasteiger partial charge on any atom is -0.382 e. The van der Waals surface area contributed by atoms with Gasteiger partial charge in [0.1, 0.15) is 5.82 Å². The van der Waals surface area contributed by atoms with Crippen LogP contribution in [-0.2, 0) is 0 Å². The van der Waals surface area contributed by atoms with Crippen molar-refractivity contribution in [3.63, 3.8) is 0 Å². The Bertz CT molecular complexity index is 569. The molecule has 0 saturated carbocycles. The fourth-order valence-corrected chi connectivity index (χ4v) is 2.64. The monoisotopic (exact) mass is 271 g/mol. The fourth-order valence-electron chi connectivity index (χ4n) is 2.64. The van der Waals surface area contributed by atoms with Crippen LogP contribution < -0.4 is 5.32 Å². The van der Waals surface area contributed by atoms with Crippen LogP contribution in [0.1, 0.15) is 18.7 Å². The average molecular weight is 271 g/mol. The topological polar surface area (TPSA) is 56.8 Å². The van der Waals surface area contributed by atoms with Gasteiger partial charge in [0, 0.05) is 17.3 Å². The summed E-state index contributed by atoms with van der Waals surface area (Å²) >= 11 is 0. The predicted molar refractivity (Wildman–Crippen MR) is 80.7 cm³/mol. The number of anilines is 1. The van der Waals surface area contributed by atoms with E-state index in [1.165, 1.54) is 12.8 Å². The quantitative estimate of drug-likeness (QED) is 0.899. The van der Waals surface area contributed by atoms with E-state index in [0.717, 1.165) is 36.0 Å². The van der Waals surface area contributed by atoms with Crippen LogP contribution in [0.15, 0.2) is 24.3 Å². The van der Waals surface area contributed by atoms with Gasteiger partial charge in [-0.05, 0) is 52.0 Å². The van der Waals surface area contributed by atoms with Crippen molar-refractivity contribution < 1.29 is 0 Å². The number of nitrogens with zero attached hydrogens (tertiary/aromatic N) is 3. The predicted octanol–water partition coefficient (Wildman–Crippen LogP) is 2.29. The molecule has 0 unspecified atom stereocenters. The van der Waals surface area contributed by atoms with Crippen molar-refractivity contribution in [3.05, 3.63) is 30.1 Å². The van der Waals surface area contributed by atoms with Crippen LogP contribution in [0.3, 0.4) is 0 Å². The Morgan fingerprint density at radius 2 is 2.00 bits per heavy atom. The van der Waals surface area contributed by atoms with E-state index in [1.54, 1.807) is 0 Å². The number of hydrogen-bond donors (Lipinski definition) is 2. The summed E-state index contributed by atoms with van der Waals surface area (Å²) in [7, 11) is 2.18. The number of para-hydroxylation sites is 1. The number of piperidine rings is 1. The highest BCUT2D eigenvalue weighted by atomic mass is 15.2. The van der Waals surface area contributed by atoms with Crippen LogP contribution in [0.5, 0.6) is 0 Å². The highest BCUT2D eigenvalue weighted by Gasteiger charge is 2.18. The van der Waals surface area contributed by atoms with Gasteiger partial charge in [0.2, 0.25) is 0 Å². The molecule has 1 aromatic carbocycles. The van der Waals surface area contributed by atoms with Gasteiger partial charge in [-0.15, -0.1) is 0 Å². The van der Waals surface area contributed by atoms with Gasteiger partial charge >= 0.3 is 0 Å². The van der Waals surface area contributed by atoms with Gasteiger partial charge in [-0.25, -0.2) is 4.98 Å². The second-order valence-corrected chi connectivity index (χ2v) is 5.51. The Kier molecular flexibility index (Phi) is 3.69. The first kappa shape index (κ1) is 13.1. The zero-order valence-corrected chi connectivity index (χ0v) is 12.1.